The third-order valence-corrected chi connectivity index (χ3v) is 2.04. The van der Waals surface area contributed by atoms with Gasteiger partial charge in [0.2, 0.25) is 0 Å². The maximum Gasteiger partial charge on any atom is 0.414 e. The number of aromatic nitrogens is 2. The fourth-order valence-electron chi connectivity index (χ4n) is 1.32. The van der Waals surface area contributed by atoms with Crippen LogP contribution in [-0.4, -0.2) is 20.6 Å². The molecule has 1 aliphatic heterocycles. The van der Waals surface area contributed by atoms with Gasteiger partial charge in [-0.2, -0.15) is 0 Å². The van der Waals surface area contributed by atoms with Crippen LogP contribution in [0.25, 0.3) is 0 Å². The molecule has 1 atom stereocenters. The lowest BCUT2D eigenvalue weighted by molar-refractivity contribution is -0.389. The molecule has 2 heterocycles. The number of nitrogens with zero attached hydrogens (tertiary/aromatic N) is 3. The molecule has 0 aromatic carbocycles. The maximum absolute atomic E-state index is 10.3. The van der Waals surface area contributed by atoms with Gasteiger partial charge < -0.3 is 14.9 Å². The van der Waals surface area contributed by atoms with E-state index in [0.717, 1.165) is 6.42 Å². The maximum atomic E-state index is 10.3. The number of imidazole rings is 1. The van der Waals surface area contributed by atoms with E-state index >= 15 is 0 Å². The lowest BCUT2D eigenvalue weighted by atomic mass is 10.3. The zero-order chi connectivity index (χ0) is 9.42. The van der Waals surface area contributed by atoms with Crippen molar-refractivity contribution < 1.29 is 9.66 Å². The van der Waals surface area contributed by atoms with Crippen molar-refractivity contribution in [2.75, 3.05) is 0 Å². The molecule has 0 spiro atoms. The van der Waals surface area contributed by atoms with Crippen LogP contribution in [0.15, 0.2) is 6.20 Å². The molecule has 2 rings (SSSR count). The summed E-state index contributed by atoms with van der Waals surface area (Å²) < 4.78 is 7.01. The van der Waals surface area contributed by atoms with Crippen molar-refractivity contribution >= 4 is 5.82 Å². The van der Waals surface area contributed by atoms with E-state index < -0.39 is 4.92 Å². The topological polar surface area (TPSA) is 70.2 Å². The van der Waals surface area contributed by atoms with Crippen LogP contribution in [0.1, 0.15) is 13.3 Å². The van der Waals surface area contributed by atoms with Crippen LogP contribution in [0.5, 0.6) is 6.01 Å². The van der Waals surface area contributed by atoms with Gasteiger partial charge in [-0.25, -0.2) is 0 Å². The van der Waals surface area contributed by atoms with Crippen LogP contribution >= 0.6 is 0 Å². The van der Waals surface area contributed by atoms with Crippen molar-refractivity contribution in [2.24, 2.45) is 0 Å². The summed E-state index contributed by atoms with van der Waals surface area (Å²) in [5, 5.41) is 10.3. The first-order valence-electron chi connectivity index (χ1n) is 4.09. The number of ether oxygens (including phenoxy) is 1. The van der Waals surface area contributed by atoms with Gasteiger partial charge >= 0.3 is 11.8 Å². The van der Waals surface area contributed by atoms with Crippen molar-refractivity contribution in [3.63, 3.8) is 0 Å². The van der Waals surface area contributed by atoms with Crippen LogP contribution in [0.4, 0.5) is 5.82 Å². The highest BCUT2D eigenvalue weighted by Gasteiger charge is 2.29. The van der Waals surface area contributed by atoms with Crippen molar-refractivity contribution in [1.29, 1.82) is 0 Å². The van der Waals surface area contributed by atoms with Crippen LogP contribution in [-0.2, 0) is 6.54 Å². The van der Waals surface area contributed by atoms with E-state index in [4.69, 9.17) is 4.74 Å². The van der Waals surface area contributed by atoms with Gasteiger partial charge in [-0.05, 0) is 11.3 Å². The Kier molecular flexibility index (Phi) is 1.68. The van der Waals surface area contributed by atoms with Crippen LogP contribution in [0.2, 0.25) is 0 Å². The predicted molar refractivity (Wildman–Crippen MR) is 43.6 cm³/mol. The Hall–Kier alpha value is -1.59. The van der Waals surface area contributed by atoms with Crippen molar-refractivity contribution in [1.82, 2.24) is 9.55 Å². The molecule has 0 saturated carbocycles. The van der Waals surface area contributed by atoms with E-state index in [9.17, 15) is 10.1 Å². The van der Waals surface area contributed by atoms with Gasteiger partial charge in [-0.3, -0.25) is 4.57 Å². The van der Waals surface area contributed by atoms with E-state index in [-0.39, 0.29) is 11.9 Å². The molecule has 6 nitrogen and oxygen atoms in total. The van der Waals surface area contributed by atoms with Gasteiger partial charge in [0.25, 0.3) is 0 Å². The third-order valence-electron chi connectivity index (χ3n) is 2.04. The summed E-state index contributed by atoms with van der Waals surface area (Å²) in [6.45, 7) is 2.66. The molecule has 1 aromatic heterocycles. The Morgan fingerprint density at radius 2 is 2.69 bits per heavy atom. The molecule has 0 bridgehead atoms. The fourth-order valence-corrected chi connectivity index (χ4v) is 1.32. The van der Waals surface area contributed by atoms with Crippen molar-refractivity contribution in [2.45, 2.75) is 26.0 Å². The molecular formula is C7H9N3O3. The van der Waals surface area contributed by atoms with E-state index in [1.807, 2.05) is 6.92 Å². The second-order valence-corrected chi connectivity index (χ2v) is 2.94. The Morgan fingerprint density at radius 1 is 1.92 bits per heavy atom. The van der Waals surface area contributed by atoms with Crippen LogP contribution in [0.3, 0.4) is 0 Å². The number of hydrogen-bond acceptors (Lipinski definition) is 4. The second kappa shape index (κ2) is 2.72. The number of rotatable bonds is 2. The molecule has 0 amide bonds. The zero-order valence-corrected chi connectivity index (χ0v) is 7.14. The molecule has 1 aliphatic rings. The monoisotopic (exact) mass is 183 g/mol. The van der Waals surface area contributed by atoms with Gasteiger partial charge in [-0.1, -0.05) is 6.92 Å². The van der Waals surface area contributed by atoms with Gasteiger partial charge in [0.15, 0.2) is 0 Å². The minimum atomic E-state index is -0.518. The minimum absolute atomic E-state index is 0.114. The summed E-state index contributed by atoms with van der Waals surface area (Å²) >= 11 is 0. The van der Waals surface area contributed by atoms with Crippen molar-refractivity contribution in [3.8, 4) is 6.01 Å². The minimum Gasteiger partial charge on any atom is -0.441 e. The molecule has 0 unspecified atom stereocenters. The molecule has 0 N–H and O–H groups in total. The molecule has 0 radical (unpaired) electrons. The SMILES string of the molecule is CC[C@H]1Cn2cc([N+](=O)[O-])nc2O1. The highest BCUT2D eigenvalue weighted by molar-refractivity contribution is 5.22. The molecule has 6 heteroatoms. The van der Waals surface area contributed by atoms with Crippen LogP contribution in [0, 0.1) is 10.1 Å². The smallest absolute Gasteiger partial charge is 0.414 e. The van der Waals surface area contributed by atoms with Crippen LogP contribution < -0.4 is 4.74 Å². The molecule has 13 heavy (non-hydrogen) atoms. The Labute approximate surface area is 74.3 Å². The lowest BCUT2D eigenvalue weighted by Gasteiger charge is -2.01. The second-order valence-electron chi connectivity index (χ2n) is 2.94. The first-order valence-corrected chi connectivity index (χ1v) is 4.09. The van der Waals surface area contributed by atoms with E-state index in [1.54, 1.807) is 4.57 Å². The largest absolute Gasteiger partial charge is 0.441 e. The summed E-state index contributed by atoms with van der Waals surface area (Å²) in [5.74, 6) is -0.149. The summed E-state index contributed by atoms with van der Waals surface area (Å²) in [4.78, 5) is 13.5. The van der Waals surface area contributed by atoms with E-state index in [0.29, 0.717) is 12.6 Å². The zero-order valence-electron chi connectivity index (χ0n) is 7.14. The van der Waals surface area contributed by atoms with Gasteiger partial charge in [-0.15, -0.1) is 0 Å². The molecular weight excluding hydrogens is 174 g/mol. The summed E-state index contributed by atoms with van der Waals surface area (Å²) in [5.41, 5.74) is 0. The van der Waals surface area contributed by atoms with E-state index in [2.05, 4.69) is 4.98 Å². The lowest BCUT2D eigenvalue weighted by Crippen LogP contribution is -2.12. The van der Waals surface area contributed by atoms with E-state index in [1.165, 1.54) is 6.20 Å². The van der Waals surface area contributed by atoms with Gasteiger partial charge in [0.1, 0.15) is 12.3 Å². The summed E-state index contributed by atoms with van der Waals surface area (Å²) in [6, 6.07) is 0.360. The number of hydrogen-bond donors (Lipinski definition) is 0. The van der Waals surface area contributed by atoms with Gasteiger partial charge in [0.05, 0.1) is 6.54 Å². The normalized spacial score (nSPS) is 19.6. The molecule has 0 aliphatic carbocycles. The first-order chi connectivity index (χ1) is 6.20. The van der Waals surface area contributed by atoms with Gasteiger partial charge in [0, 0.05) is 4.98 Å². The average molecular weight is 183 g/mol. The van der Waals surface area contributed by atoms with Crippen molar-refractivity contribution in [3.05, 3.63) is 16.3 Å². The molecule has 0 saturated heterocycles. The highest BCUT2D eigenvalue weighted by Crippen LogP contribution is 2.25. The fraction of sp³-hybridized carbons (Fsp3) is 0.571. The molecule has 1 aromatic rings. The molecule has 70 valence electrons. The Bertz CT molecular complexity index is 323. The highest BCUT2D eigenvalue weighted by atomic mass is 16.6. The quantitative estimate of drug-likeness (QED) is 0.505. The number of nitro groups is 1. The average Bonchev–Trinajstić information content (AvgIpc) is 2.58. The summed E-state index contributed by atoms with van der Waals surface area (Å²) in [7, 11) is 0. The number of fused-ring (bicyclic) bond motifs is 1. The molecule has 0 fully saturated rings. The Balaban J connectivity index is 2.23. The first kappa shape index (κ1) is 8.03. The Morgan fingerprint density at radius 3 is 3.23 bits per heavy atom. The standard InChI is InChI=1S/C7H9N3O3/c1-2-5-3-9-4-6(10(11)12)8-7(9)13-5/h4-5H,2-3H2,1H3/t5-/m0/s1. The predicted octanol–water partition coefficient (Wildman–Crippen LogP) is 0.962. The summed E-state index contributed by atoms with van der Waals surface area (Å²) in [6.07, 6.45) is 2.41. The third kappa shape index (κ3) is 1.24.